The lowest BCUT2D eigenvalue weighted by atomic mass is 10.3. The highest BCUT2D eigenvalue weighted by atomic mass is 35.5. The Balaban J connectivity index is 1.95. The minimum Gasteiger partial charge on any atom is -0.482 e. The van der Waals surface area contributed by atoms with E-state index < -0.39 is 15.9 Å². The number of anilines is 1. The first-order chi connectivity index (χ1) is 12.8. The summed E-state index contributed by atoms with van der Waals surface area (Å²) < 4.78 is 36.8. The van der Waals surface area contributed by atoms with Gasteiger partial charge in [0.15, 0.2) is 6.61 Å². The number of amides is 1. The molecule has 0 aliphatic rings. The summed E-state index contributed by atoms with van der Waals surface area (Å²) in [6, 6.07) is 10.6. The van der Waals surface area contributed by atoms with Crippen LogP contribution in [0.25, 0.3) is 0 Å². The Labute approximate surface area is 167 Å². The highest BCUT2D eigenvalue weighted by Gasteiger charge is 2.16. The van der Waals surface area contributed by atoms with E-state index in [4.69, 9.17) is 32.7 Å². The molecule has 0 aliphatic heterocycles. The Morgan fingerprint density at radius 1 is 1.11 bits per heavy atom. The Hall–Kier alpha value is -1.84. The van der Waals surface area contributed by atoms with Crippen molar-refractivity contribution in [3.8, 4) is 5.75 Å². The van der Waals surface area contributed by atoms with E-state index in [-0.39, 0.29) is 35.4 Å². The summed E-state index contributed by atoms with van der Waals surface area (Å²) in [5, 5.41) is 3.27. The van der Waals surface area contributed by atoms with Gasteiger partial charge in [-0.05, 0) is 42.5 Å². The van der Waals surface area contributed by atoms with Gasteiger partial charge in [0.05, 0.1) is 16.5 Å². The molecule has 0 saturated carbocycles. The largest absolute Gasteiger partial charge is 0.482 e. The van der Waals surface area contributed by atoms with Crippen molar-refractivity contribution in [1.29, 1.82) is 0 Å². The molecule has 0 saturated heterocycles. The average Bonchev–Trinajstić information content (AvgIpc) is 2.62. The summed E-state index contributed by atoms with van der Waals surface area (Å²) in [4.78, 5) is 11.9. The molecule has 2 N–H and O–H groups in total. The van der Waals surface area contributed by atoms with Gasteiger partial charge in [-0.2, -0.15) is 0 Å². The standard InChI is InChI=1S/C17H18Cl2N2O5S/c1-25-9-8-20-27(23,24)14-6-7-16(15(19)10-14)26-11-17(22)21-13-4-2-12(18)3-5-13/h2-7,10,20H,8-9,11H2,1H3,(H,21,22). The van der Waals surface area contributed by atoms with Crippen molar-refractivity contribution in [2.75, 3.05) is 32.2 Å². The third-order valence-electron chi connectivity index (χ3n) is 3.30. The first-order valence-corrected chi connectivity index (χ1v) is 10.0. The predicted molar refractivity (Wildman–Crippen MR) is 104 cm³/mol. The lowest BCUT2D eigenvalue weighted by Gasteiger charge is -2.11. The summed E-state index contributed by atoms with van der Waals surface area (Å²) >= 11 is 11.9. The van der Waals surface area contributed by atoms with E-state index in [1.54, 1.807) is 24.3 Å². The molecule has 146 valence electrons. The van der Waals surface area contributed by atoms with Gasteiger partial charge >= 0.3 is 0 Å². The molecule has 0 bridgehead atoms. The van der Waals surface area contributed by atoms with Crippen LogP contribution >= 0.6 is 23.2 Å². The summed E-state index contributed by atoms with van der Waals surface area (Å²) in [7, 11) is -2.23. The van der Waals surface area contributed by atoms with Crippen LogP contribution in [0.1, 0.15) is 0 Å². The molecule has 0 aromatic heterocycles. The van der Waals surface area contributed by atoms with Gasteiger partial charge in [-0.25, -0.2) is 13.1 Å². The average molecular weight is 433 g/mol. The van der Waals surface area contributed by atoms with Crippen LogP contribution in [0.5, 0.6) is 5.75 Å². The molecule has 7 nitrogen and oxygen atoms in total. The lowest BCUT2D eigenvalue weighted by Crippen LogP contribution is -2.27. The number of hydrogen-bond donors (Lipinski definition) is 2. The number of carbonyl (C=O) groups is 1. The fourth-order valence-electron chi connectivity index (χ4n) is 2.00. The smallest absolute Gasteiger partial charge is 0.262 e. The zero-order valence-electron chi connectivity index (χ0n) is 14.4. The van der Waals surface area contributed by atoms with Gasteiger partial charge in [0.2, 0.25) is 10.0 Å². The maximum Gasteiger partial charge on any atom is 0.262 e. The van der Waals surface area contributed by atoms with Crippen molar-refractivity contribution in [3.05, 3.63) is 52.5 Å². The molecule has 0 atom stereocenters. The number of nitrogens with one attached hydrogen (secondary N) is 2. The third kappa shape index (κ3) is 6.67. The van der Waals surface area contributed by atoms with Crippen LogP contribution in [0.15, 0.2) is 47.4 Å². The number of ether oxygens (including phenoxy) is 2. The molecule has 1 amide bonds. The van der Waals surface area contributed by atoms with Crippen LogP contribution in [0.3, 0.4) is 0 Å². The molecule has 2 aromatic carbocycles. The zero-order chi connectivity index (χ0) is 19.9. The second-order valence-electron chi connectivity index (χ2n) is 5.33. The van der Waals surface area contributed by atoms with Crippen molar-refractivity contribution >= 4 is 44.8 Å². The van der Waals surface area contributed by atoms with E-state index in [1.807, 2.05) is 0 Å². The Bertz CT molecular complexity index is 889. The van der Waals surface area contributed by atoms with Gasteiger partial charge in [0.25, 0.3) is 5.91 Å². The van der Waals surface area contributed by atoms with Crippen LogP contribution in [-0.2, 0) is 19.6 Å². The van der Waals surface area contributed by atoms with E-state index >= 15 is 0 Å². The maximum atomic E-state index is 12.1. The SMILES string of the molecule is COCCNS(=O)(=O)c1ccc(OCC(=O)Nc2ccc(Cl)cc2)c(Cl)c1. The first-order valence-electron chi connectivity index (χ1n) is 7.78. The number of carbonyl (C=O) groups excluding carboxylic acids is 1. The monoisotopic (exact) mass is 432 g/mol. The van der Waals surface area contributed by atoms with Crippen molar-refractivity contribution in [3.63, 3.8) is 0 Å². The van der Waals surface area contributed by atoms with E-state index in [0.717, 1.165) is 0 Å². The molecule has 0 heterocycles. The number of benzene rings is 2. The highest BCUT2D eigenvalue weighted by Crippen LogP contribution is 2.27. The minimum absolute atomic E-state index is 0.0124. The van der Waals surface area contributed by atoms with Crippen LogP contribution < -0.4 is 14.8 Å². The van der Waals surface area contributed by atoms with Crippen LogP contribution in [0.4, 0.5) is 5.69 Å². The van der Waals surface area contributed by atoms with E-state index in [2.05, 4.69) is 10.0 Å². The third-order valence-corrected chi connectivity index (χ3v) is 5.30. The predicted octanol–water partition coefficient (Wildman–Crippen LogP) is 2.94. The maximum absolute atomic E-state index is 12.1. The minimum atomic E-state index is -3.71. The van der Waals surface area contributed by atoms with Crippen molar-refractivity contribution in [2.24, 2.45) is 0 Å². The first kappa shape index (κ1) is 21.5. The second kappa shape index (κ2) is 9.91. The highest BCUT2D eigenvalue weighted by molar-refractivity contribution is 7.89. The molecular formula is C17H18Cl2N2O5S. The van der Waals surface area contributed by atoms with Crippen molar-refractivity contribution < 1.29 is 22.7 Å². The fourth-order valence-corrected chi connectivity index (χ4v) is 3.47. The molecule has 0 aliphatic carbocycles. The Morgan fingerprint density at radius 2 is 1.81 bits per heavy atom. The number of hydrogen-bond acceptors (Lipinski definition) is 5. The van der Waals surface area contributed by atoms with Gasteiger partial charge in [0, 0.05) is 24.4 Å². The summed E-state index contributed by atoms with van der Waals surface area (Å²) in [6.45, 7) is 0.0942. The molecule has 0 radical (unpaired) electrons. The zero-order valence-corrected chi connectivity index (χ0v) is 16.7. The number of sulfonamides is 1. The molecule has 2 rings (SSSR count). The van der Waals surface area contributed by atoms with E-state index in [1.165, 1.54) is 25.3 Å². The lowest BCUT2D eigenvalue weighted by molar-refractivity contribution is -0.118. The quantitative estimate of drug-likeness (QED) is 0.594. The normalized spacial score (nSPS) is 11.2. The molecule has 0 unspecified atom stereocenters. The van der Waals surface area contributed by atoms with Gasteiger partial charge in [-0.15, -0.1) is 0 Å². The topological polar surface area (TPSA) is 93.7 Å². The number of methoxy groups -OCH3 is 1. The Morgan fingerprint density at radius 3 is 2.44 bits per heavy atom. The molecule has 0 fully saturated rings. The number of rotatable bonds is 9. The van der Waals surface area contributed by atoms with Gasteiger partial charge in [0.1, 0.15) is 5.75 Å². The van der Waals surface area contributed by atoms with Crippen molar-refractivity contribution in [1.82, 2.24) is 4.72 Å². The number of halogens is 2. The van der Waals surface area contributed by atoms with Crippen LogP contribution in [0.2, 0.25) is 10.0 Å². The van der Waals surface area contributed by atoms with Crippen molar-refractivity contribution in [2.45, 2.75) is 4.90 Å². The van der Waals surface area contributed by atoms with Gasteiger partial charge in [-0.1, -0.05) is 23.2 Å². The molecule has 10 heteroatoms. The van der Waals surface area contributed by atoms with Crippen LogP contribution in [0, 0.1) is 0 Å². The van der Waals surface area contributed by atoms with Gasteiger partial charge in [-0.3, -0.25) is 4.79 Å². The summed E-state index contributed by atoms with van der Waals surface area (Å²) in [5.41, 5.74) is 0.572. The molecular weight excluding hydrogens is 415 g/mol. The molecule has 27 heavy (non-hydrogen) atoms. The van der Waals surface area contributed by atoms with Gasteiger partial charge < -0.3 is 14.8 Å². The second-order valence-corrected chi connectivity index (χ2v) is 7.94. The van der Waals surface area contributed by atoms with E-state index in [9.17, 15) is 13.2 Å². The van der Waals surface area contributed by atoms with E-state index in [0.29, 0.717) is 10.7 Å². The fraction of sp³-hybridized carbons (Fsp3) is 0.235. The molecule has 2 aromatic rings. The Kier molecular flexibility index (Phi) is 7.88. The summed E-state index contributed by atoms with van der Waals surface area (Å²) in [6.07, 6.45) is 0. The molecule has 0 spiro atoms. The van der Waals surface area contributed by atoms with Crippen LogP contribution in [-0.4, -0.2) is 41.2 Å². The summed E-state index contributed by atoms with van der Waals surface area (Å²) in [5.74, 6) is -0.204.